The van der Waals surface area contributed by atoms with Crippen molar-refractivity contribution in [1.29, 1.82) is 0 Å². The zero-order valence-electron chi connectivity index (χ0n) is 12.0. The zero-order chi connectivity index (χ0) is 15.3. The smallest absolute Gasteiger partial charge is 0.347 e. The summed E-state index contributed by atoms with van der Waals surface area (Å²) in [4.78, 5) is 10.9. The summed E-state index contributed by atoms with van der Waals surface area (Å²) in [7, 11) is -3.74. The largest absolute Gasteiger partial charge is 0.477 e. The van der Waals surface area contributed by atoms with Gasteiger partial charge in [0.25, 0.3) is 0 Å². The summed E-state index contributed by atoms with van der Waals surface area (Å²) < 4.78 is 26.5. The van der Waals surface area contributed by atoms with Gasteiger partial charge in [-0.05, 0) is 17.4 Å². The Morgan fingerprint density at radius 2 is 1.95 bits per heavy atom. The fourth-order valence-electron chi connectivity index (χ4n) is 2.03. The van der Waals surface area contributed by atoms with E-state index in [0.29, 0.717) is 13.1 Å². The lowest BCUT2D eigenvalue weighted by Crippen LogP contribution is -2.35. The van der Waals surface area contributed by atoms with Crippen molar-refractivity contribution in [2.24, 2.45) is 5.92 Å². The molecule has 0 amide bonds. The molecule has 0 aromatic carbocycles. The summed E-state index contributed by atoms with van der Waals surface area (Å²) in [5.41, 5.74) is 0. The number of thiophene rings is 1. The van der Waals surface area contributed by atoms with Gasteiger partial charge in [-0.3, -0.25) is 0 Å². The molecule has 5 nitrogen and oxygen atoms in total. The van der Waals surface area contributed by atoms with Gasteiger partial charge in [-0.15, -0.1) is 11.3 Å². The first-order valence-corrected chi connectivity index (χ1v) is 9.01. The summed E-state index contributed by atoms with van der Waals surface area (Å²) in [5, 5.41) is 10.6. The van der Waals surface area contributed by atoms with Crippen LogP contribution in [-0.4, -0.2) is 36.9 Å². The van der Waals surface area contributed by atoms with Gasteiger partial charge in [0, 0.05) is 13.1 Å². The first-order chi connectivity index (χ1) is 9.38. The SMILES string of the molecule is CCC(CC)CN(CC)S(=O)(=O)c1ccsc1C(=O)O. The fraction of sp³-hybridized carbons (Fsp3) is 0.615. The molecule has 1 aromatic rings. The lowest BCUT2D eigenvalue weighted by atomic mass is 10.0. The molecule has 114 valence electrons. The number of hydrogen-bond acceptors (Lipinski definition) is 4. The molecule has 0 aliphatic carbocycles. The number of carbonyl (C=O) groups is 1. The Labute approximate surface area is 124 Å². The van der Waals surface area contributed by atoms with Gasteiger partial charge < -0.3 is 5.11 Å². The highest BCUT2D eigenvalue weighted by Crippen LogP contribution is 2.26. The standard InChI is InChI=1S/C13H21NO4S2/c1-4-10(5-2)9-14(6-3)20(17,18)11-7-8-19-12(11)13(15)16/h7-8,10H,4-6,9H2,1-3H3,(H,15,16). The molecule has 1 heterocycles. The molecule has 0 spiro atoms. The first kappa shape index (κ1) is 17.1. The lowest BCUT2D eigenvalue weighted by Gasteiger charge is -2.24. The average Bonchev–Trinajstić information content (AvgIpc) is 2.90. The van der Waals surface area contributed by atoms with Crippen molar-refractivity contribution >= 4 is 27.3 Å². The quantitative estimate of drug-likeness (QED) is 0.799. The van der Waals surface area contributed by atoms with E-state index in [0.717, 1.165) is 24.2 Å². The zero-order valence-corrected chi connectivity index (χ0v) is 13.6. The van der Waals surface area contributed by atoms with Gasteiger partial charge in [-0.2, -0.15) is 4.31 Å². The monoisotopic (exact) mass is 319 g/mol. The van der Waals surface area contributed by atoms with Gasteiger partial charge in [-0.1, -0.05) is 33.6 Å². The van der Waals surface area contributed by atoms with Crippen molar-refractivity contribution in [3.63, 3.8) is 0 Å². The molecule has 0 aliphatic heterocycles. The van der Waals surface area contributed by atoms with Crippen molar-refractivity contribution in [2.45, 2.75) is 38.5 Å². The molecule has 1 N–H and O–H groups in total. The third kappa shape index (κ3) is 3.59. The summed E-state index contributed by atoms with van der Waals surface area (Å²) in [6.07, 6.45) is 1.80. The Bertz CT molecular complexity index is 546. The van der Waals surface area contributed by atoms with Crippen LogP contribution >= 0.6 is 11.3 Å². The molecule has 0 aliphatic rings. The number of rotatable bonds is 8. The van der Waals surface area contributed by atoms with Gasteiger partial charge in [0.05, 0.1) is 0 Å². The van der Waals surface area contributed by atoms with Gasteiger partial charge in [0.2, 0.25) is 10.0 Å². The number of carboxylic acid groups (broad SMARTS) is 1. The molecule has 0 saturated carbocycles. The van der Waals surface area contributed by atoms with Gasteiger partial charge in [0.15, 0.2) is 0 Å². The topological polar surface area (TPSA) is 74.7 Å². The minimum atomic E-state index is -3.74. The molecule has 0 saturated heterocycles. The van der Waals surface area contributed by atoms with Crippen LogP contribution in [0.5, 0.6) is 0 Å². The van der Waals surface area contributed by atoms with Crippen LogP contribution < -0.4 is 0 Å². The van der Waals surface area contributed by atoms with Crippen LogP contribution in [0.4, 0.5) is 0 Å². The number of aromatic carboxylic acids is 1. The van der Waals surface area contributed by atoms with Crippen LogP contribution in [-0.2, 0) is 10.0 Å². The highest BCUT2D eigenvalue weighted by molar-refractivity contribution is 7.89. The molecular weight excluding hydrogens is 298 g/mol. The van der Waals surface area contributed by atoms with Gasteiger partial charge in [-0.25, -0.2) is 13.2 Å². The molecular formula is C13H21NO4S2. The van der Waals surface area contributed by atoms with E-state index < -0.39 is 16.0 Å². The van der Waals surface area contributed by atoms with Crippen molar-refractivity contribution in [1.82, 2.24) is 4.31 Å². The van der Waals surface area contributed by atoms with Crippen molar-refractivity contribution in [3.05, 3.63) is 16.3 Å². The molecule has 7 heteroatoms. The Balaban J connectivity index is 3.12. The Morgan fingerprint density at radius 3 is 2.40 bits per heavy atom. The molecule has 0 unspecified atom stereocenters. The predicted molar refractivity (Wildman–Crippen MR) is 79.8 cm³/mol. The van der Waals surface area contributed by atoms with Crippen LogP contribution in [0.3, 0.4) is 0 Å². The summed E-state index contributed by atoms with van der Waals surface area (Å²) >= 11 is 0.937. The Hall–Kier alpha value is -0.920. The van der Waals surface area contributed by atoms with Crippen LogP contribution in [0.1, 0.15) is 43.3 Å². The maximum absolute atomic E-state index is 12.6. The number of hydrogen-bond donors (Lipinski definition) is 1. The Morgan fingerprint density at radius 1 is 1.35 bits per heavy atom. The van der Waals surface area contributed by atoms with E-state index in [4.69, 9.17) is 5.11 Å². The molecule has 1 aromatic heterocycles. The molecule has 0 radical (unpaired) electrons. The second-order valence-corrected chi connectivity index (χ2v) is 7.38. The van der Waals surface area contributed by atoms with Gasteiger partial charge >= 0.3 is 5.97 Å². The van der Waals surface area contributed by atoms with Crippen LogP contribution in [0.15, 0.2) is 16.3 Å². The highest BCUT2D eigenvalue weighted by Gasteiger charge is 2.30. The van der Waals surface area contributed by atoms with Crippen LogP contribution in [0.25, 0.3) is 0 Å². The lowest BCUT2D eigenvalue weighted by molar-refractivity contribution is 0.0698. The normalized spacial score (nSPS) is 12.2. The van der Waals surface area contributed by atoms with Crippen LogP contribution in [0.2, 0.25) is 0 Å². The van der Waals surface area contributed by atoms with E-state index in [1.165, 1.54) is 15.8 Å². The summed E-state index contributed by atoms with van der Waals surface area (Å²) in [6.45, 7) is 6.60. The van der Waals surface area contributed by atoms with E-state index in [-0.39, 0.29) is 15.7 Å². The van der Waals surface area contributed by atoms with Crippen molar-refractivity contribution in [3.8, 4) is 0 Å². The van der Waals surface area contributed by atoms with E-state index in [2.05, 4.69) is 0 Å². The minimum absolute atomic E-state index is 0.0946. The van der Waals surface area contributed by atoms with Gasteiger partial charge in [0.1, 0.15) is 9.77 Å². The summed E-state index contributed by atoms with van der Waals surface area (Å²) in [5.74, 6) is -0.909. The van der Waals surface area contributed by atoms with Crippen molar-refractivity contribution in [2.75, 3.05) is 13.1 Å². The predicted octanol–water partition coefficient (Wildman–Crippen LogP) is 2.89. The number of nitrogens with zero attached hydrogens (tertiary/aromatic N) is 1. The Kier molecular flexibility index (Phi) is 6.16. The third-order valence-corrected chi connectivity index (χ3v) is 6.43. The van der Waals surface area contributed by atoms with Crippen molar-refractivity contribution < 1.29 is 18.3 Å². The summed E-state index contributed by atoms with van der Waals surface area (Å²) in [6, 6.07) is 1.37. The van der Waals surface area contributed by atoms with E-state index in [9.17, 15) is 13.2 Å². The fourth-order valence-corrected chi connectivity index (χ4v) is 4.79. The maximum Gasteiger partial charge on any atom is 0.347 e. The number of sulfonamides is 1. The third-order valence-electron chi connectivity index (χ3n) is 3.41. The molecule has 0 atom stereocenters. The minimum Gasteiger partial charge on any atom is -0.477 e. The molecule has 1 rings (SSSR count). The van der Waals surface area contributed by atoms with E-state index in [1.807, 2.05) is 13.8 Å². The van der Waals surface area contributed by atoms with E-state index >= 15 is 0 Å². The molecule has 0 fully saturated rings. The second kappa shape index (κ2) is 7.19. The van der Waals surface area contributed by atoms with Crippen LogP contribution in [0, 0.1) is 5.92 Å². The molecule has 20 heavy (non-hydrogen) atoms. The second-order valence-electron chi connectivity index (χ2n) is 4.56. The average molecular weight is 319 g/mol. The first-order valence-electron chi connectivity index (χ1n) is 6.69. The number of carboxylic acids is 1. The highest BCUT2D eigenvalue weighted by atomic mass is 32.2. The van der Waals surface area contributed by atoms with E-state index in [1.54, 1.807) is 6.92 Å². The maximum atomic E-state index is 12.6. The molecule has 0 bridgehead atoms.